The third-order valence-electron chi connectivity index (χ3n) is 3.19. The van der Waals surface area contributed by atoms with Crippen molar-refractivity contribution in [2.75, 3.05) is 6.26 Å². The van der Waals surface area contributed by atoms with Crippen molar-refractivity contribution in [3.63, 3.8) is 0 Å². The monoisotopic (exact) mass is 376 g/mol. The van der Waals surface area contributed by atoms with Crippen LogP contribution >= 0.6 is 0 Å². The fourth-order valence-electron chi connectivity index (χ4n) is 2.09. The van der Waals surface area contributed by atoms with Gasteiger partial charge in [-0.3, -0.25) is 4.28 Å². The first-order valence-electron chi connectivity index (χ1n) is 6.93. The maximum atomic E-state index is 13.0. The highest BCUT2D eigenvalue weighted by Crippen LogP contribution is 2.30. The molecular formula is C14H15F3N4O3S. The van der Waals surface area contributed by atoms with Gasteiger partial charge in [0.1, 0.15) is 0 Å². The Morgan fingerprint density at radius 2 is 1.92 bits per heavy atom. The molecule has 0 aliphatic rings. The largest absolute Gasteiger partial charge is 0.416 e. The van der Waals surface area contributed by atoms with Crippen LogP contribution in [0.25, 0.3) is 5.82 Å². The Hall–Kier alpha value is -2.43. The van der Waals surface area contributed by atoms with Crippen LogP contribution in [0, 0.1) is 13.8 Å². The molecule has 136 valence electrons. The summed E-state index contributed by atoms with van der Waals surface area (Å²) < 4.78 is 66.4. The zero-order valence-corrected chi connectivity index (χ0v) is 14.6. The second-order valence-corrected chi connectivity index (χ2v) is 6.92. The second kappa shape index (κ2) is 6.47. The van der Waals surface area contributed by atoms with Gasteiger partial charge >= 0.3 is 16.3 Å². The van der Waals surface area contributed by atoms with Crippen molar-refractivity contribution in [2.45, 2.75) is 26.9 Å². The molecule has 0 atom stereocenters. The van der Waals surface area contributed by atoms with Gasteiger partial charge in [0.25, 0.3) is 0 Å². The maximum absolute atomic E-state index is 13.0. The SMILES string of the molecule is CC(=NOS(C)(=O)=O)c1cnn(-c2cc(C(F)(F)F)cc(C)n2)c1C. The topological polar surface area (TPSA) is 86.4 Å². The van der Waals surface area contributed by atoms with Crippen LogP contribution in [-0.2, 0) is 20.6 Å². The third-order valence-corrected chi connectivity index (χ3v) is 3.54. The van der Waals surface area contributed by atoms with E-state index < -0.39 is 21.9 Å². The molecule has 0 spiro atoms. The first-order chi connectivity index (χ1) is 11.4. The number of oxime groups is 1. The smallest absolute Gasteiger partial charge is 0.268 e. The molecule has 2 rings (SSSR count). The minimum atomic E-state index is -4.51. The van der Waals surface area contributed by atoms with Crippen molar-refractivity contribution in [3.8, 4) is 5.82 Å². The minimum Gasteiger partial charge on any atom is -0.268 e. The summed E-state index contributed by atoms with van der Waals surface area (Å²) in [5, 5.41) is 7.50. The molecule has 0 aliphatic carbocycles. The molecule has 2 heterocycles. The predicted octanol–water partition coefficient (Wildman–Crippen LogP) is 2.60. The number of rotatable bonds is 4. The lowest BCUT2D eigenvalue weighted by Gasteiger charge is -2.11. The summed E-state index contributed by atoms with van der Waals surface area (Å²) in [7, 11) is -3.77. The average Bonchev–Trinajstić information content (AvgIpc) is 2.84. The lowest BCUT2D eigenvalue weighted by atomic mass is 10.2. The minimum absolute atomic E-state index is 0.00657. The molecule has 2 aromatic heterocycles. The maximum Gasteiger partial charge on any atom is 0.416 e. The number of halogens is 3. The molecule has 0 aromatic carbocycles. The number of alkyl halides is 3. The number of hydrogen-bond acceptors (Lipinski definition) is 6. The Bertz CT molecular complexity index is 933. The summed E-state index contributed by atoms with van der Waals surface area (Å²) in [6.45, 7) is 4.54. The van der Waals surface area contributed by atoms with E-state index in [1.54, 1.807) is 6.92 Å². The molecule has 0 saturated heterocycles. The van der Waals surface area contributed by atoms with E-state index in [1.165, 1.54) is 24.7 Å². The molecule has 0 saturated carbocycles. The van der Waals surface area contributed by atoms with Crippen LogP contribution in [0.3, 0.4) is 0 Å². The summed E-state index contributed by atoms with van der Waals surface area (Å²) in [5.41, 5.74) is 0.410. The molecule has 11 heteroatoms. The van der Waals surface area contributed by atoms with E-state index >= 15 is 0 Å². The highest BCUT2D eigenvalue weighted by Gasteiger charge is 2.31. The third kappa shape index (κ3) is 4.56. The highest BCUT2D eigenvalue weighted by molar-refractivity contribution is 7.85. The van der Waals surface area contributed by atoms with Gasteiger partial charge in [-0.05, 0) is 32.9 Å². The molecule has 0 unspecified atom stereocenters. The Morgan fingerprint density at radius 3 is 2.48 bits per heavy atom. The molecular weight excluding hydrogens is 361 g/mol. The van der Waals surface area contributed by atoms with Crippen LogP contribution in [0.5, 0.6) is 0 Å². The summed E-state index contributed by atoms with van der Waals surface area (Å²) in [6, 6.07) is 1.83. The van der Waals surface area contributed by atoms with Gasteiger partial charge < -0.3 is 0 Å². The van der Waals surface area contributed by atoms with Crippen molar-refractivity contribution in [1.82, 2.24) is 14.8 Å². The number of pyridine rings is 1. The van der Waals surface area contributed by atoms with Crippen molar-refractivity contribution < 1.29 is 25.9 Å². The second-order valence-electron chi connectivity index (χ2n) is 5.36. The first-order valence-corrected chi connectivity index (χ1v) is 8.74. The van der Waals surface area contributed by atoms with E-state index in [-0.39, 0.29) is 17.2 Å². The molecule has 0 fully saturated rings. The number of aryl methyl sites for hydroxylation is 1. The summed E-state index contributed by atoms with van der Waals surface area (Å²) in [4.78, 5) is 4.07. The fourth-order valence-corrected chi connectivity index (χ4v) is 2.34. The van der Waals surface area contributed by atoms with E-state index in [0.29, 0.717) is 11.3 Å². The van der Waals surface area contributed by atoms with Crippen LogP contribution in [0.2, 0.25) is 0 Å². The molecule has 7 nitrogen and oxygen atoms in total. The van der Waals surface area contributed by atoms with Crippen LogP contribution in [0.15, 0.2) is 23.5 Å². The van der Waals surface area contributed by atoms with E-state index in [9.17, 15) is 21.6 Å². The van der Waals surface area contributed by atoms with E-state index in [0.717, 1.165) is 18.4 Å². The molecule has 0 amide bonds. The lowest BCUT2D eigenvalue weighted by Crippen LogP contribution is -2.10. The molecule has 0 N–H and O–H groups in total. The van der Waals surface area contributed by atoms with Gasteiger partial charge in [-0.25, -0.2) is 9.67 Å². The van der Waals surface area contributed by atoms with Crippen LogP contribution in [-0.4, -0.2) is 35.1 Å². The normalized spacial score (nSPS) is 13.2. The molecule has 0 radical (unpaired) electrons. The molecule has 0 aliphatic heterocycles. The van der Waals surface area contributed by atoms with Gasteiger partial charge in [0.2, 0.25) is 0 Å². The van der Waals surface area contributed by atoms with Gasteiger partial charge in [-0.1, -0.05) is 5.16 Å². The Balaban J connectivity index is 2.47. The Labute approximate surface area is 142 Å². The first kappa shape index (κ1) is 18.9. The van der Waals surface area contributed by atoms with Gasteiger partial charge in [0.05, 0.1) is 29.4 Å². The van der Waals surface area contributed by atoms with Crippen LogP contribution in [0.1, 0.15) is 29.4 Å². The molecule has 2 aromatic rings. The summed E-state index contributed by atoms with van der Waals surface area (Å²) in [5.74, 6) is -0.00657. The van der Waals surface area contributed by atoms with Gasteiger partial charge in [-0.15, -0.1) is 0 Å². The summed E-state index contributed by atoms with van der Waals surface area (Å²) >= 11 is 0. The molecule has 0 bridgehead atoms. The highest BCUT2D eigenvalue weighted by atomic mass is 32.2. The Kier molecular flexibility index (Phi) is 4.89. The van der Waals surface area contributed by atoms with Crippen LogP contribution < -0.4 is 0 Å². The van der Waals surface area contributed by atoms with Crippen molar-refractivity contribution in [3.05, 3.63) is 40.8 Å². The van der Waals surface area contributed by atoms with Gasteiger partial charge in [0.15, 0.2) is 5.82 Å². The summed E-state index contributed by atoms with van der Waals surface area (Å²) in [6.07, 6.45) is -2.32. The van der Waals surface area contributed by atoms with Crippen LogP contribution in [0.4, 0.5) is 13.2 Å². The average molecular weight is 376 g/mol. The number of hydrogen-bond donors (Lipinski definition) is 0. The van der Waals surface area contributed by atoms with E-state index in [2.05, 4.69) is 19.5 Å². The van der Waals surface area contributed by atoms with E-state index in [4.69, 9.17) is 0 Å². The van der Waals surface area contributed by atoms with E-state index in [1.807, 2.05) is 0 Å². The standard InChI is InChI=1S/C14H15F3N4O3S/c1-8-5-11(14(15,16)17)6-13(19-8)21-10(3)12(7-18-21)9(2)20-24-25(4,22)23/h5-7H,1-4H3. The number of aromatic nitrogens is 3. The molecule has 25 heavy (non-hydrogen) atoms. The predicted molar refractivity (Wildman–Crippen MR) is 84.0 cm³/mol. The van der Waals surface area contributed by atoms with Gasteiger partial charge in [0, 0.05) is 11.3 Å². The lowest BCUT2D eigenvalue weighted by molar-refractivity contribution is -0.137. The number of nitrogens with zero attached hydrogens (tertiary/aromatic N) is 4. The quantitative estimate of drug-likeness (QED) is 0.605. The fraction of sp³-hybridized carbons (Fsp3) is 0.357. The zero-order valence-electron chi connectivity index (χ0n) is 13.8. The van der Waals surface area contributed by atoms with Crippen molar-refractivity contribution in [2.24, 2.45) is 5.16 Å². The van der Waals surface area contributed by atoms with Crippen molar-refractivity contribution >= 4 is 15.8 Å². The van der Waals surface area contributed by atoms with Crippen molar-refractivity contribution in [1.29, 1.82) is 0 Å². The Morgan fingerprint density at radius 1 is 1.28 bits per heavy atom. The van der Waals surface area contributed by atoms with Gasteiger partial charge in [-0.2, -0.15) is 26.7 Å². The zero-order chi connectivity index (χ0) is 19.0.